The van der Waals surface area contributed by atoms with Crippen molar-refractivity contribution in [3.8, 4) is 0 Å². The van der Waals surface area contributed by atoms with Crippen molar-refractivity contribution >= 4 is 88.0 Å². The van der Waals surface area contributed by atoms with E-state index in [0.717, 1.165) is 11.4 Å². The fraction of sp³-hybridized carbons (Fsp3) is 0. The van der Waals surface area contributed by atoms with Crippen molar-refractivity contribution in [3.05, 3.63) is 158 Å². The highest BCUT2D eigenvalue weighted by atomic mass is 15.3. The van der Waals surface area contributed by atoms with Gasteiger partial charge in [0, 0.05) is 21.8 Å². The first kappa shape index (κ1) is 23.7. The summed E-state index contributed by atoms with van der Waals surface area (Å²) in [4.78, 5) is 5.00. The largest absolute Gasteiger partial charge is 0.306 e. The van der Waals surface area contributed by atoms with E-state index in [-0.39, 0.29) is 0 Å². The fourth-order valence-corrected chi connectivity index (χ4v) is 7.65. The molecule has 0 unspecified atom stereocenters. The summed E-state index contributed by atoms with van der Waals surface area (Å²) in [5, 5.41) is 12.8. The average Bonchev–Trinajstić information content (AvgIpc) is 3.10. The van der Waals surface area contributed by atoms with Crippen LogP contribution in [0.1, 0.15) is 0 Å². The second-order valence-corrected chi connectivity index (χ2v) is 11.7. The Labute approximate surface area is 255 Å². The number of fused-ring (bicyclic) bond motifs is 7. The summed E-state index contributed by atoms with van der Waals surface area (Å²) in [5.74, 6) is 0. The minimum absolute atomic E-state index is 1.15. The summed E-state index contributed by atoms with van der Waals surface area (Å²) in [6.45, 7) is 0. The van der Waals surface area contributed by atoms with Crippen LogP contribution >= 0.6 is 0 Å². The van der Waals surface area contributed by atoms with Crippen molar-refractivity contribution < 1.29 is 0 Å². The monoisotopic (exact) mass is 558 g/mol. The lowest BCUT2D eigenvalue weighted by atomic mass is 9.91. The molecule has 0 aromatic heterocycles. The van der Waals surface area contributed by atoms with Gasteiger partial charge in [0.1, 0.15) is 0 Å². The van der Waals surface area contributed by atoms with Crippen LogP contribution in [0.5, 0.6) is 0 Å². The van der Waals surface area contributed by atoms with Crippen LogP contribution in [0.3, 0.4) is 0 Å². The maximum Gasteiger partial charge on any atom is 0.0789 e. The summed E-state index contributed by atoms with van der Waals surface area (Å²) in [6.07, 6.45) is 0. The SMILES string of the molecule is c1ccc(N2c3ccccc3N(c3ccc4ccc5cccc6ccc3c4c56)c3c2c2ccccc2c2ccccc32)cc1. The van der Waals surface area contributed by atoms with Crippen LogP contribution in [0.15, 0.2) is 158 Å². The number of nitrogens with zero attached hydrogens (tertiary/aromatic N) is 2. The van der Waals surface area contributed by atoms with Gasteiger partial charge in [-0.05, 0) is 68.0 Å². The third-order valence-electron chi connectivity index (χ3n) is 9.45. The summed E-state index contributed by atoms with van der Waals surface area (Å²) in [7, 11) is 0. The zero-order chi connectivity index (χ0) is 28.8. The predicted molar refractivity (Wildman–Crippen MR) is 188 cm³/mol. The van der Waals surface area contributed by atoms with Crippen molar-refractivity contribution in [2.45, 2.75) is 0 Å². The Kier molecular flexibility index (Phi) is 4.75. The molecule has 10 rings (SSSR count). The van der Waals surface area contributed by atoms with E-state index in [9.17, 15) is 0 Å². The van der Waals surface area contributed by atoms with Crippen molar-refractivity contribution in [1.82, 2.24) is 0 Å². The minimum Gasteiger partial charge on any atom is -0.306 e. The standard InChI is InChI=1S/C42H26N2/c1-2-13-30(14-3-1)43-37-19-8-9-20-38(37)44(42-34-18-7-5-16-32(34)31-15-4-6-17-33(31)41(42)43)36-26-24-29-22-21-27-11-10-12-28-23-25-35(36)40(29)39(27)28/h1-26H. The Bertz CT molecular complexity index is 2550. The van der Waals surface area contributed by atoms with E-state index in [4.69, 9.17) is 0 Å². The first-order valence-electron chi connectivity index (χ1n) is 15.2. The molecule has 0 amide bonds. The number of benzene rings is 9. The highest BCUT2D eigenvalue weighted by Gasteiger charge is 2.34. The van der Waals surface area contributed by atoms with Gasteiger partial charge >= 0.3 is 0 Å². The van der Waals surface area contributed by atoms with E-state index < -0.39 is 0 Å². The third-order valence-corrected chi connectivity index (χ3v) is 9.45. The number of anilines is 6. The first-order valence-corrected chi connectivity index (χ1v) is 15.2. The molecule has 0 aliphatic carbocycles. The second kappa shape index (κ2) is 8.82. The van der Waals surface area contributed by atoms with Crippen LogP contribution in [-0.2, 0) is 0 Å². The molecule has 204 valence electrons. The number of rotatable bonds is 2. The van der Waals surface area contributed by atoms with Crippen LogP contribution < -0.4 is 9.80 Å². The van der Waals surface area contributed by atoms with Gasteiger partial charge in [-0.1, -0.05) is 127 Å². The molecule has 1 aliphatic heterocycles. The Morgan fingerprint density at radius 2 is 0.773 bits per heavy atom. The normalized spacial score (nSPS) is 12.9. The maximum absolute atomic E-state index is 2.53. The Morgan fingerprint density at radius 1 is 0.273 bits per heavy atom. The summed E-state index contributed by atoms with van der Waals surface area (Å²) < 4.78 is 0. The van der Waals surface area contributed by atoms with Gasteiger partial charge in [0.25, 0.3) is 0 Å². The number of hydrogen-bond acceptors (Lipinski definition) is 2. The minimum atomic E-state index is 1.15. The molecule has 0 saturated heterocycles. The molecule has 0 fully saturated rings. The Balaban J connectivity index is 1.41. The van der Waals surface area contributed by atoms with E-state index >= 15 is 0 Å². The summed E-state index contributed by atoms with van der Waals surface area (Å²) in [6, 6.07) is 57.8. The molecular formula is C42H26N2. The quantitative estimate of drug-likeness (QED) is 0.195. The van der Waals surface area contributed by atoms with Crippen LogP contribution in [0.25, 0.3) is 53.9 Å². The molecule has 0 spiro atoms. The predicted octanol–water partition coefficient (Wildman–Crippen LogP) is 12.1. The lowest BCUT2D eigenvalue weighted by Crippen LogP contribution is -2.24. The van der Waals surface area contributed by atoms with Gasteiger partial charge in [-0.15, -0.1) is 0 Å². The van der Waals surface area contributed by atoms with Gasteiger partial charge in [0.05, 0.1) is 28.4 Å². The molecular weight excluding hydrogens is 532 g/mol. The van der Waals surface area contributed by atoms with Crippen molar-refractivity contribution in [2.75, 3.05) is 9.80 Å². The van der Waals surface area contributed by atoms with E-state index in [2.05, 4.69) is 168 Å². The van der Waals surface area contributed by atoms with E-state index in [1.54, 1.807) is 0 Å². The Hall–Kier alpha value is -5.86. The number of para-hydroxylation sites is 3. The van der Waals surface area contributed by atoms with E-state index in [1.165, 1.54) is 76.6 Å². The molecule has 0 N–H and O–H groups in total. The highest BCUT2D eigenvalue weighted by Crippen LogP contribution is 2.59. The van der Waals surface area contributed by atoms with Crippen molar-refractivity contribution in [3.63, 3.8) is 0 Å². The molecule has 9 aromatic carbocycles. The van der Waals surface area contributed by atoms with E-state index in [0.29, 0.717) is 0 Å². The summed E-state index contributed by atoms with van der Waals surface area (Å²) in [5.41, 5.74) is 7.08. The second-order valence-electron chi connectivity index (χ2n) is 11.7. The molecule has 1 heterocycles. The zero-order valence-electron chi connectivity index (χ0n) is 23.9. The van der Waals surface area contributed by atoms with Gasteiger partial charge in [-0.25, -0.2) is 0 Å². The molecule has 44 heavy (non-hydrogen) atoms. The van der Waals surface area contributed by atoms with Crippen molar-refractivity contribution in [2.24, 2.45) is 0 Å². The fourth-order valence-electron chi connectivity index (χ4n) is 7.65. The van der Waals surface area contributed by atoms with Crippen LogP contribution in [-0.4, -0.2) is 0 Å². The zero-order valence-corrected chi connectivity index (χ0v) is 23.9. The van der Waals surface area contributed by atoms with Gasteiger partial charge in [-0.3, -0.25) is 0 Å². The van der Waals surface area contributed by atoms with Gasteiger partial charge < -0.3 is 9.80 Å². The topological polar surface area (TPSA) is 6.48 Å². The van der Waals surface area contributed by atoms with Gasteiger partial charge in [-0.2, -0.15) is 0 Å². The maximum atomic E-state index is 2.53. The molecule has 9 aromatic rings. The lowest BCUT2D eigenvalue weighted by Gasteiger charge is -2.42. The lowest BCUT2D eigenvalue weighted by molar-refractivity contribution is 1.19. The smallest absolute Gasteiger partial charge is 0.0789 e. The van der Waals surface area contributed by atoms with Crippen LogP contribution in [0.2, 0.25) is 0 Å². The van der Waals surface area contributed by atoms with Crippen LogP contribution in [0.4, 0.5) is 34.1 Å². The highest BCUT2D eigenvalue weighted by molar-refractivity contribution is 6.29. The first-order chi connectivity index (χ1) is 21.9. The Morgan fingerprint density at radius 3 is 1.45 bits per heavy atom. The molecule has 0 radical (unpaired) electrons. The van der Waals surface area contributed by atoms with Crippen molar-refractivity contribution in [1.29, 1.82) is 0 Å². The molecule has 2 heteroatoms. The third kappa shape index (κ3) is 3.09. The molecule has 0 bridgehead atoms. The van der Waals surface area contributed by atoms with Gasteiger partial charge in [0.15, 0.2) is 0 Å². The molecule has 0 atom stereocenters. The molecule has 1 aliphatic rings. The van der Waals surface area contributed by atoms with E-state index in [1.807, 2.05) is 0 Å². The molecule has 0 saturated carbocycles. The number of hydrogen-bond donors (Lipinski definition) is 0. The van der Waals surface area contributed by atoms with Crippen LogP contribution in [0, 0.1) is 0 Å². The average molecular weight is 559 g/mol. The molecule has 2 nitrogen and oxygen atoms in total. The summed E-state index contributed by atoms with van der Waals surface area (Å²) >= 11 is 0. The van der Waals surface area contributed by atoms with Gasteiger partial charge in [0.2, 0.25) is 0 Å².